The molecule has 0 aliphatic heterocycles. The average molecular weight is 377 g/mol. The Hall–Kier alpha value is -0.610. The van der Waals surface area contributed by atoms with Crippen molar-refractivity contribution in [2.45, 2.75) is 13.0 Å². The van der Waals surface area contributed by atoms with E-state index in [1.807, 2.05) is 25.2 Å². The smallest absolute Gasteiger partial charge is 0.127 e. The van der Waals surface area contributed by atoms with Crippen LogP contribution in [0.5, 0.6) is 0 Å². The number of hydrogen-bond donors (Lipinski definition) is 1. The van der Waals surface area contributed by atoms with Gasteiger partial charge in [0, 0.05) is 9.50 Å². The van der Waals surface area contributed by atoms with Crippen molar-refractivity contribution < 1.29 is 4.39 Å². The van der Waals surface area contributed by atoms with E-state index < -0.39 is 0 Å². The number of rotatable bonds is 3. The summed E-state index contributed by atoms with van der Waals surface area (Å²) in [6, 6.07) is 8.65. The SMILES string of the molecule is CNC(c1ccc(Br)c(Cl)c1)c1cc(C)c(F)cc1Cl. The summed E-state index contributed by atoms with van der Waals surface area (Å²) in [5, 5.41) is 4.21. The van der Waals surface area contributed by atoms with Gasteiger partial charge in [0.2, 0.25) is 0 Å². The maximum Gasteiger partial charge on any atom is 0.127 e. The summed E-state index contributed by atoms with van der Waals surface area (Å²) in [4.78, 5) is 0. The predicted octanol–water partition coefficient (Wildman–Crippen LogP) is 5.51. The Bertz CT molecular complexity index is 646. The highest BCUT2D eigenvalue weighted by Gasteiger charge is 2.17. The quantitative estimate of drug-likeness (QED) is 0.744. The Morgan fingerprint density at radius 2 is 1.85 bits per heavy atom. The van der Waals surface area contributed by atoms with E-state index >= 15 is 0 Å². The zero-order chi connectivity index (χ0) is 14.9. The van der Waals surface area contributed by atoms with Crippen LogP contribution >= 0.6 is 39.1 Å². The van der Waals surface area contributed by atoms with Gasteiger partial charge in [-0.05, 0) is 70.9 Å². The second-order valence-corrected chi connectivity index (χ2v) is 6.19. The topological polar surface area (TPSA) is 12.0 Å². The zero-order valence-electron chi connectivity index (χ0n) is 11.0. The standard InChI is InChI=1S/C15H13BrCl2FN/c1-8-5-10(12(17)7-14(8)19)15(20-2)9-3-4-11(16)13(18)6-9/h3-7,15,20H,1-2H3. The van der Waals surface area contributed by atoms with Crippen LogP contribution in [-0.4, -0.2) is 7.05 Å². The molecule has 0 bridgehead atoms. The van der Waals surface area contributed by atoms with Crippen LogP contribution < -0.4 is 5.32 Å². The molecule has 1 atom stereocenters. The van der Waals surface area contributed by atoms with Crippen LogP contribution in [0, 0.1) is 12.7 Å². The first kappa shape index (κ1) is 15.8. The lowest BCUT2D eigenvalue weighted by atomic mass is 9.97. The third kappa shape index (κ3) is 3.17. The van der Waals surface area contributed by atoms with E-state index in [1.54, 1.807) is 13.0 Å². The van der Waals surface area contributed by atoms with E-state index in [1.165, 1.54) is 6.07 Å². The summed E-state index contributed by atoms with van der Waals surface area (Å²) in [5.74, 6) is -0.303. The highest BCUT2D eigenvalue weighted by molar-refractivity contribution is 9.10. The molecule has 0 saturated heterocycles. The number of nitrogens with one attached hydrogen (secondary N) is 1. The number of aryl methyl sites for hydroxylation is 1. The van der Waals surface area contributed by atoms with E-state index in [-0.39, 0.29) is 11.9 Å². The van der Waals surface area contributed by atoms with Crippen molar-refractivity contribution in [3.63, 3.8) is 0 Å². The fraction of sp³-hybridized carbons (Fsp3) is 0.200. The highest BCUT2D eigenvalue weighted by Crippen LogP contribution is 2.33. The molecule has 0 spiro atoms. The highest BCUT2D eigenvalue weighted by atomic mass is 79.9. The molecule has 0 radical (unpaired) electrons. The van der Waals surface area contributed by atoms with E-state index in [2.05, 4.69) is 21.2 Å². The van der Waals surface area contributed by atoms with Crippen molar-refractivity contribution in [1.29, 1.82) is 0 Å². The zero-order valence-corrected chi connectivity index (χ0v) is 14.1. The van der Waals surface area contributed by atoms with Crippen LogP contribution in [0.3, 0.4) is 0 Å². The summed E-state index contributed by atoms with van der Waals surface area (Å²) in [6.45, 7) is 1.72. The molecule has 0 fully saturated rings. The van der Waals surface area contributed by atoms with Gasteiger partial charge in [0.15, 0.2) is 0 Å². The van der Waals surface area contributed by atoms with Crippen LogP contribution in [-0.2, 0) is 0 Å². The fourth-order valence-corrected chi connectivity index (χ4v) is 2.79. The molecule has 1 N–H and O–H groups in total. The van der Waals surface area contributed by atoms with Crippen molar-refractivity contribution in [3.05, 3.63) is 67.4 Å². The summed E-state index contributed by atoms with van der Waals surface area (Å²) in [6.07, 6.45) is 0. The van der Waals surface area contributed by atoms with Crippen molar-refractivity contribution in [1.82, 2.24) is 5.32 Å². The minimum Gasteiger partial charge on any atom is -0.309 e. The van der Waals surface area contributed by atoms with Crippen LogP contribution in [0.25, 0.3) is 0 Å². The molecular weight excluding hydrogens is 364 g/mol. The Morgan fingerprint density at radius 3 is 2.45 bits per heavy atom. The summed E-state index contributed by atoms with van der Waals surface area (Å²) in [5.41, 5.74) is 2.35. The first-order chi connectivity index (χ1) is 9.43. The molecule has 0 heterocycles. The fourth-order valence-electron chi connectivity index (χ4n) is 2.09. The van der Waals surface area contributed by atoms with Gasteiger partial charge in [-0.25, -0.2) is 4.39 Å². The average Bonchev–Trinajstić information content (AvgIpc) is 2.40. The van der Waals surface area contributed by atoms with Crippen LogP contribution in [0.15, 0.2) is 34.8 Å². The third-order valence-electron chi connectivity index (χ3n) is 3.15. The number of benzene rings is 2. The van der Waals surface area contributed by atoms with Gasteiger partial charge in [0.1, 0.15) is 5.82 Å². The first-order valence-electron chi connectivity index (χ1n) is 6.01. The molecular formula is C15H13BrCl2FN. The summed E-state index contributed by atoms with van der Waals surface area (Å²) >= 11 is 15.7. The molecule has 2 aromatic carbocycles. The Kier molecular flexibility index (Phi) is 5.08. The van der Waals surface area contributed by atoms with Crippen molar-refractivity contribution in [2.24, 2.45) is 0 Å². The van der Waals surface area contributed by atoms with E-state index in [0.717, 1.165) is 15.6 Å². The Balaban J connectivity index is 2.52. The summed E-state index contributed by atoms with van der Waals surface area (Å²) in [7, 11) is 1.83. The van der Waals surface area contributed by atoms with E-state index in [0.29, 0.717) is 15.6 Å². The van der Waals surface area contributed by atoms with Gasteiger partial charge in [-0.15, -0.1) is 0 Å². The minimum absolute atomic E-state index is 0.146. The maximum absolute atomic E-state index is 13.5. The Labute approximate surface area is 136 Å². The first-order valence-corrected chi connectivity index (χ1v) is 7.56. The van der Waals surface area contributed by atoms with Crippen LogP contribution in [0.4, 0.5) is 4.39 Å². The molecule has 5 heteroatoms. The summed E-state index contributed by atoms with van der Waals surface area (Å²) < 4.78 is 14.3. The number of hydrogen-bond acceptors (Lipinski definition) is 1. The Morgan fingerprint density at radius 1 is 1.15 bits per heavy atom. The molecule has 1 unspecified atom stereocenters. The molecule has 20 heavy (non-hydrogen) atoms. The van der Waals surface area contributed by atoms with E-state index in [4.69, 9.17) is 23.2 Å². The van der Waals surface area contributed by atoms with Crippen molar-refractivity contribution in [2.75, 3.05) is 7.05 Å². The van der Waals surface area contributed by atoms with Gasteiger partial charge in [0.05, 0.1) is 11.1 Å². The predicted molar refractivity (Wildman–Crippen MR) is 86.2 cm³/mol. The minimum atomic E-state index is -0.303. The second kappa shape index (κ2) is 6.44. The molecule has 2 rings (SSSR count). The van der Waals surface area contributed by atoms with Gasteiger partial charge in [-0.1, -0.05) is 29.3 Å². The second-order valence-electron chi connectivity index (χ2n) is 4.52. The van der Waals surface area contributed by atoms with Gasteiger partial charge >= 0.3 is 0 Å². The van der Waals surface area contributed by atoms with Gasteiger partial charge < -0.3 is 5.32 Å². The lowest BCUT2D eigenvalue weighted by Crippen LogP contribution is -2.18. The lowest BCUT2D eigenvalue weighted by Gasteiger charge is -2.20. The largest absolute Gasteiger partial charge is 0.309 e. The normalized spacial score (nSPS) is 12.5. The number of halogens is 4. The molecule has 0 saturated carbocycles. The van der Waals surface area contributed by atoms with Gasteiger partial charge in [-0.2, -0.15) is 0 Å². The molecule has 0 aromatic heterocycles. The van der Waals surface area contributed by atoms with Crippen molar-refractivity contribution >= 4 is 39.1 Å². The molecule has 0 aliphatic rings. The molecule has 106 valence electrons. The van der Waals surface area contributed by atoms with Gasteiger partial charge in [-0.3, -0.25) is 0 Å². The molecule has 0 amide bonds. The van der Waals surface area contributed by atoms with E-state index in [9.17, 15) is 4.39 Å². The van der Waals surface area contributed by atoms with Crippen molar-refractivity contribution in [3.8, 4) is 0 Å². The molecule has 1 nitrogen and oxygen atoms in total. The van der Waals surface area contributed by atoms with Crippen LogP contribution in [0.2, 0.25) is 10.0 Å². The molecule has 0 aliphatic carbocycles. The third-order valence-corrected chi connectivity index (χ3v) is 4.71. The molecule has 2 aromatic rings. The maximum atomic E-state index is 13.5. The van der Waals surface area contributed by atoms with Crippen LogP contribution in [0.1, 0.15) is 22.7 Å². The van der Waals surface area contributed by atoms with Gasteiger partial charge in [0.25, 0.3) is 0 Å². The lowest BCUT2D eigenvalue weighted by molar-refractivity contribution is 0.614. The monoisotopic (exact) mass is 375 g/mol.